The topological polar surface area (TPSA) is 26.3 Å². The number of rotatable bonds is 9. The first-order valence-corrected chi connectivity index (χ1v) is 7.06. The van der Waals surface area contributed by atoms with Gasteiger partial charge in [-0.3, -0.25) is 0 Å². The Hall–Kier alpha value is -1.35. The molecular formula is C16H28NO2+. The number of hydrogen-bond acceptors (Lipinski definition) is 2. The lowest BCUT2D eigenvalue weighted by Crippen LogP contribution is -2.49. The molecule has 0 saturated heterocycles. The van der Waals surface area contributed by atoms with Gasteiger partial charge in [-0.1, -0.05) is 24.8 Å². The Morgan fingerprint density at radius 3 is 2.21 bits per heavy atom. The number of hydrogen-bond donors (Lipinski definition) is 0. The summed E-state index contributed by atoms with van der Waals surface area (Å²) in [6.07, 6.45) is 6.83. The number of quaternary nitrogens is 1. The summed E-state index contributed by atoms with van der Waals surface area (Å²) in [6.45, 7) is 16.5. The van der Waals surface area contributed by atoms with E-state index in [1.54, 1.807) is 18.2 Å². The van der Waals surface area contributed by atoms with Crippen LogP contribution in [-0.4, -0.2) is 43.2 Å². The van der Waals surface area contributed by atoms with Gasteiger partial charge in [-0.05, 0) is 33.8 Å². The highest BCUT2D eigenvalue weighted by Gasteiger charge is 2.21. The Bertz CT molecular complexity index is 330. The third kappa shape index (κ3) is 5.88. The van der Waals surface area contributed by atoms with Gasteiger partial charge in [0.05, 0.1) is 25.2 Å². The van der Waals surface area contributed by atoms with E-state index in [1.165, 1.54) is 0 Å². The van der Waals surface area contributed by atoms with E-state index in [2.05, 4.69) is 27.4 Å². The standard InChI is InChI=1S/C16H28NO2/c1-6-11-15(12-7-2)16(18)19-14-13-17(8-3,9-4)10-5/h6-7,11-12H,1,8-10,13-14H2,2-5H3/q+1/b12-7-,15-11+. The number of nitrogens with zero attached hydrogens (tertiary/aromatic N) is 1. The molecule has 3 nitrogen and oxygen atoms in total. The predicted octanol–water partition coefficient (Wildman–Crippen LogP) is 3.09. The second-order valence-electron chi connectivity index (χ2n) is 4.51. The minimum absolute atomic E-state index is 0.278. The number of carbonyl (C=O) groups excluding carboxylic acids is 1. The lowest BCUT2D eigenvalue weighted by Gasteiger charge is -2.35. The zero-order valence-electron chi connectivity index (χ0n) is 12.8. The molecule has 0 aliphatic carbocycles. The van der Waals surface area contributed by atoms with Gasteiger partial charge in [0.15, 0.2) is 0 Å². The van der Waals surface area contributed by atoms with Gasteiger partial charge in [0.1, 0.15) is 13.2 Å². The van der Waals surface area contributed by atoms with Crippen LogP contribution >= 0.6 is 0 Å². The second kappa shape index (κ2) is 9.56. The van der Waals surface area contributed by atoms with Gasteiger partial charge in [-0.25, -0.2) is 4.79 Å². The summed E-state index contributed by atoms with van der Waals surface area (Å²) in [6, 6.07) is 0. The Kier molecular flexibility index (Phi) is 8.88. The van der Waals surface area contributed by atoms with Gasteiger partial charge in [0, 0.05) is 0 Å². The van der Waals surface area contributed by atoms with E-state index in [1.807, 2.05) is 13.0 Å². The highest BCUT2D eigenvalue weighted by atomic mass is 16.5. The van der Waals surface area contributed by atoms with Crippen LogP contribution in [0.15, 0.2) is 36.5 Å². The van der Waals surface area contributed by atoms with E-state index in [4.69, 9.17) is 4.74 Å². The van der Waals surface area contributed by atoms with Gasteiger partial charge in [-0.15, -0.1) is 0 Å². The molecule has 108 valence electrons. The van der Waals surface area contributed by atoms with E-state index in [0.29, 0.717) is 12.2 Å². The summed E-state index contributed by atoms with van der Waals surface area (Å²) in [4.78, 5) is 11.9. The molecule has 19 heavy (non-hydrogen) atoms. The zero-order chi connectivity index (χ0) is 14.7. The maximum atomic E-state index is 11.9. The molecule has 0 saturated carbocycles. The van der Waals surface area contributed by atoms with Crippen LogP contribution in [0.2, 0.25) is 0 Å². The highest BCUT2D eigenvalue weighted by molar-refractivity contribution is 5.91. The average molecular weight is 266 g/mol. The maximum Gasteiger partial charge on any atom is 0.338 e. The van der Waals surface area contributed by atoms with Crippen LogP contribution in [0.25, 0.3) is 0 Å². The number of esters is 1. The van der Waals surface area contributed by atoms with Crippen LogP contribution in [0.1, 0.15) is 27.7 Å². The molecule has 0 amide bonds. The Balaban J connectivity index is 4.44. The number of likely N-dealkylation sites (N-methyl/N-ethyl adjacent to an activating group) is 1. The molecule has 0 spiro atoms. The molecule has 0 aromatic rings. The quantitative estimate of drug-likeness (QED) is 0.277. The van der Waals surface area contributed by atoms with Crippen molar-refractivity contribution in [2.45, 2.75) is 27.7 Å². The smallest absolute Gasteiger partial charge is 0.338 e. The van der Waals surface area contributed by atoms with Crippen LogP contribution in [0, 0.1) is 0 Å². The predicted molar refractivity (Wildman–Crippen MR) is 80.8 cm³/mol. The maximum absolute atomic E-state index is 11.9. The first kappa shape index (κ1) is 17.6. The van der Waals surface area contributed by atoms with Gasteiger partial charge in [0.25, 0.3) is 0 Å². The molecule has 0 aromatic carbocycles. The molecule has 0 aromatic heterocycles. The van der Waals surface area contributed by atoms with Crippen LogP contribution in [0.4, 0.5) is 0 Å². The fraction of sp³-hybridized carbons (Fsp3) is 0.562. The fourth-order valence-electron chi connectivity index (χ4n) is 2.06. The van der Waals surface area contributed by atoms with Crippen molar-refractivity contribution < 1.29 is 14.0 Å². The fourth-order valence-corrected chi connectivity index (χ4v) is 2.06. The van der Waals surface area contributed by atoms with Gasteiger partial charge >= 0.3 is 5.97 Å². The summed E-state index contributed by atoms with van der Waals surface area (Å²) >= 11 is 0. The van der Waals surface area contributed by atoms with Crippen molar-refractivity contribution in [3.8, 4) is 0 Å². The third-order valence-electron chi connectivity index (χ3n) is 3.69. The van der Waals surface area contributed by atoms with Crippen molar-refractivity contribution >= 4 is 5.97 Å². The lowest BCUT2D eigenvalue weighted by molar-refractivity contribution is -0.923. The first-order chi connectivity index (χ1) is 9.09. The normalized spacial score (nSPS) is 12.7. The summed E-state index contributed by atoms with van der Waals surface area (Å²) in [5.41, 5.74) is 0.542. The molecule has 0 bridgehead atoms. The summed E-state index contributed by atoms with van der Waals surface area (Å²) in [5, 5.41) is 0. The van der Waals surface area contributed by atoms with Gasteiger partial charge in [-0.2, -0.15) is 0 Å². The van der Waals surface area contributed by atoms with E-state index in [9.17, 15) is 4.79 Å². The van der Waals surface area contributed by atoms with Crippen molar-refractivity contribution in [3.05, 3.63) is 36.5 Å². The van der Waals surface area contributed by atoms with Crippen molar-refractivity contribution in [2.75, 3.05) is 32.8 Å². The zero-order valence-corrected chi connectivity index (χ0v) is 12.8. The summed E-state index contributed by atoms with van der Waals surface area (Å²) in [5.74, 6) is -0.278. The lowest BCUT2D eigenvalue weighted by atomic mass is 10.2. The molecule has 0 radical (unpaired) electrons. The van der Waals surface area contributed by atoms with E-state index in [-0.39, 0.29) is 5.97 Å². The number of carbonyl (C=O) groups is 1. The molecule has 0 atom stereocenters. The minimum atomic E-state index is -0.278. The molecule has 3 heteroatoms. The highest BCUT2D eigenvalue weighted by Crippen LogP contribution is 2.07. The van der Waals surface area contributed by atoms with E-state index in [0.717, 1.165) is 30.7 Å². The van der Waals surface area contributed by atoms with Crippen LogP contribution in [-0.2, 0) is 9.53 Å². The summed E-state index contributed by atoms with van der Waals surface area (Å²) < 4.78 is 6.33. The molecule has 0 aliphatic heterocycles. The Morgan fingerprint density at radius 1 is 1.21 bits per heavy atom. The number of allylic oxidation sites excluding steroid dienone is 3. The Labute approximate surface area is 117 Å². The van der Waals surface area contributed by atoms with Crippen LogP contribution < -0.4 is 0 Å². The first-order valence-electron chi connectivity index (χ1n) is 7.06. The third-order valence-corrected chi connectivity index (χ3v) is 3.69. The molecule has 0 heterocycles. The Morgan fingerprint density at radius 2 is 1.79 bits per heavy atom. The monoisotopic (exact) mass is 266 g/mol. The van der Waals surface area contributed by atoms with Gasteiger partial charge in [0.2, 0.25) is 0 Å². The SMILES string of the molecule is C=C/C=C(\C=C/C)C(=O)OCC[N+](CC)(CC)CC. The molecule has 0 N–H and O–H groups in total. The minimum Gasteiger partial charge on any atom is -0.456 e. The van der Waals surface area contributed by atoms with Crippen molar-refractivity contribution in [3.63, 3.8) is 0 Å². The van der Waals surface area contributed by atoms with Crippen molar-refractivity contribution in [1.82, 2.24) is 0 Å². The molecule has 0 unspecified atom stereocenters. The van der Waals surface area contributed by atoms with E-state index >= 15 is 0 Å². The van der Waals surface area contributed by atoms with Crippen LogP contribution in [0.3, 0.4) is 0 Å². The molecule has 0 aliphatic rings. The largest absolute Gasteiger partial charge is 0.456 e. The van der Waals surface area contributed by atoms with Gasteiger partial charge < -0.3 is 9.22 Å². The molecular weight excluding hydrogens is 238 g/mol. The number of ether oxygens (including phenoxy) is 1. The summed E-state index contributed by atoms with van der Waals surface area (Å²) in [7, 11) is 0. The molecule has 0 rings (SSSR count). The van der Waals surface area contributed by atoms with E-state index < -0.39 is 0 Å². The van der Waals surface area contributed by atoms with Crippen molar-refractivity contribution in [2.24, 2.45) is 0 Å². The second-order valence-corrected chi connectivity index (χ2v) is 4.51. The average Bonchev–Trinajstić information content (AvgIpc) is 2.44. The molecule has 0 fully saturated rings. The van der Waals surface area contributed by atoms with Crippen LogP contribution in [0.5, 0.6) is 0 Å². The van der Waals surface area contributed by atoms with Crippen molar-refractivity contribution in [1.29, 1.82) is 0 Å².